The van der Waals surface area contributed by atoms with E-state index in [1.165, 1.54) is 0 Å². The molecule has 0 amide bonds. The zero-order chi connectivity index (χ0) is 22.3. The molecule has 6 heteroatoms. The van der Waals surface area contributed by atoms with Gasteiger partial charge < -0.3 is 20.2 Å². The summed E-state index contributed by atoms with van der Waals surface area (Å²) in [5, 5.41) is 0. The number of aromatic amines is 1. The number of esters is 1. The highest BCUT2D eigenvalue weighted by atomic mass is 16.5. The molecule has 1 aromatic heterocycles. The molecule has 0 aliphatic rings. The molecule has 162 valence electrons. The molecule has 0 aliphatic heterocycles. The minimum absolute atomic E-state index is 0.170. The van der Waals surface area contributed by atoms with Crippen molar-refractivity contribution in [1.29, 1.82) is 0 Å². The summed E-state index contributed by atoms with van der Waals surface area (Å²) in [5.74, 6) is 0.0149. The van der Waals surface area contributed by atoms with Gasteiger partial charge in [-0.25, -0.2) is 4.98 Å². The SMILES string of the molecule is COc1ccc(-c2cnc(C(C(=O)OCc3ccccc3)C(N)c3ccccc3)[nH]2)cc1. The molecule has 2 unspecified atom stereocenters. The fourth-order valence-electron chi connectivity index (χ4n) is 3.53. The molecule has 0 spiro atoms. The molecular formula is C26H25N3O3. The van der Waals surface area contributed by atoms with Gasteiger partial charge in [0.05, 0.1) is 25.0 Å². The van der Waals surface area contributed by atoms with E-state index < -0.39 is 17.9 Å². The summed E-state index contributed by atoms with van der Waals surface area (Å²) < 4.78 is 10.9. The van der Waals surface area contributed by atoms with E-state index >= 15 is 0 Å². The summed E-state index contributed by atoms with van der Waals surface area (Å²) in [7, 11) is 1.62. The summed E-state index contributed by atoms with van der Waals surface area (Å²) in [6.45, 7) is 0.170. The lowest BCUT2D eigenvalue weighted by molar-refractivity contribution is -0.147. The van der Waals surface area contributed by atoms with Crippen LogP contribution in [-0.4, -0.2) is 23.0 Å². The van der Waals surface area contributed by atoms with Crippen molar-refractivity contribution in [1.82, 2.24) is 9.97 Å². The van der Waals surface area contributed by atoms with Gasteiger partial charge in [-0.2, -0.15) is 0 Å². The van der Waals surface area contributed by atoms with E-state index in [0.29, 0.717) is 5.82 Å². The van der Waals surface area contributed by atoms with Crippen LogP contribution < -0.4 is 10.5 Å². The third kappa shape index (κ3) is 4.87. The highest BCUT2D eigenvalue weighted by Crippen LogP contribution is 2.31. The Balaban J connectivity index is 1.61. The Kier molecular flexibility index (Phi) is 6.63. The van der Waals surface area contributed by atoms with Gasteiger partial charge in [0.25, 0.3) is 0 Å². The third-order valence-corrected chi connectivity index (χ3v) is 5.31. The van der Waals surface area contributed by atoms with Gasteiger partial charge in [-0.05, 0) is 41.0 Å². The van der Waals surface area contributed by atoms with Crippen LogP contribution in [0.3, 0.4) is 0 Å². The van der Waals surface area contributed by atoms with E-state index in [4.69, 9.17) is 15.2 Å². The second-order valence-electron chi connectivity index (χ2n) is 7.42. The number of nitrogens with zero attached hydrogens (tertiary/aromatic N) is 1. The quantitative estimate of drug-likeness (QED) is 0.401. The van der Waals surface area contributed by atoms with Crippen LogP contribution in [0.25, 0.3) is 11.3 Å². The van der Waals surface area contributed by atoms with Crippen LogP contribution in [0.5, 0.6) is 5.75 Å². The standard InChI is InChI=1S/C26H25N3O3/c1-31-21-14-12-19(13-15-21)22-16-28-25(29-22)23(24(27)20-10-6-3-7-11-20)26(30)32-17-18-8-4-2-5-9-18/h2-16,23-24H,17,27H2,1H3,(H,28,29). The van der Waals surface area contributed by atoms with Gasteiger partial charge in [0.1, 0.15) is 24.1 Å². The smallest absolute Gasteiger partial charge is 0.318 e. The lowest BCUT2D eigenvalue weighted by Gasteiger charge is -2.21. The topological polar surface area (TPSA) is 90.2 Å². The number of carbonyl (C=O) groups is 1. The Bertz CT molecular complexity index is 1140. The highest BCUT2D eigenvalue weighted by Gasteiger charge is 2.33. The van der Waals surface area contributed by atoms with Crippen LogP contribution in [0.4, 0.5) is 0 Å². The van der Waals surface area contributed by atoms with Crippen molar-refractivity contribution in [2.75, 3.05) is 7.11 Å². The van der Waals surface area contributed by atoms with Gasteiger partial charge in [0.15, 0.2) is 0 Å². The van der Waals surface area contributed by atoms with Crippen molar-refractivity contribution in [3.05, 3.63) is 108 Å². The number of hydrogen-bond donors (Lipinski definition) is 2. The molecule has 4 aromatic rings. The first kappa shape index (κ1) is 21.3. The van der Waals surface area contributed by atoms with Crippen molar-refractivity contribution in [3.8, 4) is 17.0 Å². The van der Waals surface area contributed by atoms with Gasteiger partial charge in [0, 0.05) is 0 Å². The molecule has 6 nitrogen and oxygen atoms in total. The minimum atomic E-state index is -0.784. The number of nitrogens with two attached hydrogens (primary N) is 1. The number of imidazole rings is 1. The maximum Gasteiger partial charge on any atom is 0.318 e. The van der Waals surface area contributed by atoms with Crippen LogP contribution in [0.2, 0.25) is 0 Å². The van der Waals surface area contributed by atoms with E-state index in [-0.39, 0.29) is 6.61 Å². The van der Waals surface area contributed by atoms with Crippen LogP contribution >= 0.6 is 0 Å². The molecule has 3 N–H and O–H groups in total. The molecule has 3 aromatic carbocycles. The van der Waals surface area contributed by atoms with Crippen molar-refractivity contribution in [2.24, 2.45) is 5.73 Å². The molecule has 1 heterocycles. The predicted molar refractivity (Wildman–Crippen MR) is 123 cm³/mol. The Morgan fingerprint density at radius 1 is 0.969 bits per heavy atom. The molecule has 0 saturated heterocycles. The summed E-state index contributed by atoms with van der Waals surface area (Å²) in [6.07, 6.45) is 1.70. The lowest BCUT2D eigenvalue weighted by Crippen LogP contribution is -2.29. The number of hydrogen-bond acceptors (Lipinski definition) is 5. The zero-order valence-electron chi connectivity index (χ0n) is 17.8. The fraction of sp³-hybridized carbons (Fsp3) is 0.154. The number of ether oxygens (including phenoxy) is 2. The Hall–Kier alpha value is -3.90. The number of methoxy groups -OCH3 is 1. The van der Waals surface area contributed by atoms with E-state index in [2.05, 4.69) is 9.97 Å². The van der Waals surface area contributed by atoms with E-state index in [1.807, 2.05) is 84.9 Å². The maximum atomic E-state index is 13.2. The summed E-state index contributed by atoms with van der Waals surface area (Å²) >= 11 is 0. The highest BCUT2D eigenvalue weighted by molar-refractivity contribution is 5.79. The molecule has 4 rings (SSSR count). The Labute approximate surface area is 187 Å². The number of carbonyl (C=O) groups excluding carboxylic acids is 1. The third-order valence-electron chi connectivity index (χ3n) is 5.31. The molecule has 0 saturated carbocycles. The number of aromatic nitrogens is 2. The first-order chi connectivity index (χ1) is 15.7. The van der Waals surface area contributed by atoms with Crippen molar-refractivity contribution >= 4 is 5.97 Å². The number of nitrogens with one attached hydrogen (secondary N) is 1. The van der Waals surface area contributed by atoms with Crippen LogP contribution in [0.1, 0.15) is 28.9 Å². The van der Waals surface area contributed by atoms with Crippen LogP contribution in [-0.2, 0) is 16.1 Å². The van der Waals surface area contributed by atoms with Gasteiger partial charge >= 0.3 is 5.97 Å². The fourth-order valence-corrected chi connectivity index (χ4v) is 3.53. The van der Waals surface area contributed by atoms with Gasteiger partial charge in [-0.3, -0.25) is 4.79 Å². The summed E-state index contributed by atoms with van der Waals surface area (Å²) in [5.41, 5.74) is 9.99. The van der Waals surface area contributed by atoms with Gasteiger partial charge in [0.2, 0.25) is 0 Å². The largest absolute Gasteiger partial charge is 0.497 e. The average Bonchev–Trinajstić information content (AvgIpc) is 3.33. The predicted octanol–water partition coefficient (Wildman–Crippen LogP) is 4.61. The van der Waals surface area contributed by atoms with E-state index in [1.54, 1.807) is 13.3 Å². The monoisotopic (exact) mass is 427 g/mol. The van der Waals surface area contributed by atoms with Gasteiger partial charge in [-0.1, -0.05) is 60.7 Å². The van der Waals surface area contributed by atoms with Crippen LogP contribution in [0, 0.1) is 0 Å². The van der Waals surface area contributed by atoms with Crippen molar-refractivity contribution < 1.29 is 14.3 Å². The molecule has 0 bridgehead atoms. The second kappa shape index (κ2) is 9.94. The molecule has 0 radical (unpaired) electrons. The molecule has 32 heavy (non-hydrogen) atoms. The molecule has 0 fully saturated rings. The number of benzene rings is 3. The Morgan fingerprint density at radius 2 is 1.62 bits per heavy atom. The number of rotatable bonds is 8. The van der Waals surface area contributed by atoms with Crippen molar-refractivity contribution in [2.45, 2.75) is 18.6 Å². The van der Waals surface area contributed by atoms with Crippen LogP contribution in [0.15, 0.2) is 91.1 Å². The second-order valence-corrected chi connectivity index (χ2v) is 7.42. The lowest BCUT2D eigenvalue weighted by atomic mass is 9.93. The first-order valence-electron chi connectivity index (χ1n) is 10.4. The van der Waals surface area contributed by atoms with Crippen molar-refractivity contribution in [3.63, 3.8) is 0 Å². The summed E-state index contributed by atoms with van der Waals surface area (Å²) in [4.78, 5) is 20.9. The van der Waals surface area contributed by atoms with Gasteiger partial charge in [-0.15, -0.1) is 0 Å². The van der Waals surface area contributed by atoms with E-state index in [0.717, 1.165) is 28.1 Å². The number of H-pyrrole nitrogens is 1. The minimum Gasteiger partial charge on any atom is -0.497 e. The Morgan fingerprint density at radius 3 is 2.28 bits per heavy atom. The zero-order valence-corrected chi connectivity index (χ0v) is 17.8. The molecule has 0 aliphatic carbocycles. The normalized spacial score (nSPS) is 12.7. The molecule has 2 atom stereocenters. The first-order valence-corrected chi connectivity index (χ1v) is 10.4. The average molecular weight is 428 g/mol. The van der Waals surface area contributed by atoms with E-state index in [9.17, 15) is 4.79 Å². The maximum absolute atomic E-state index is 13.2. The summed E-state index contributed by atoms with van der Waals surface area (Å²) in [6, 6.07) is 26.0. The molecular weight excluding hydrogens is 402 g/mol.